The smallest absolute Gasteiger partial charge is 0.116 e. The standard InChI is InChI=1S/C25H22ClNO/c1-16-21-6-2-3-7-22(21)25(18-9-12-19(26)13-10-18)27(16)24-8-4-5-17-11-14-20(28)15-23(17)24/h4-5,8-15,28H,2-3,6-7H2,1H3. The Hall–Kier alpha value is -2.71. The summed E-state index contributed by atoms with van der Waals surface area (Å²) in [5.41, 5.74) is 7.81. The van der Waals surface area contributed by atoms with E-state index in [1.54, 1.807) is 6.07 Å². The van der Waals surface area contributed by atoms with Gasteiger partial charge in [-0.3, -0.25) is 0 Å². The maximum Gasteiger partial charge on any atom is 0.116 e. The van der Waals surface area contributed by atoms with Crippen molar-refractivity contribution in [3.8, 4) is 22.7 Å². The molecule has 2 nitrogen and oxygen atoms in total. The van der Waals surface area contributed by atoms with Gasteiger partial charge >= 0.3 is 0 Å². The summed E-state index contributed by atoms with van der Waals surface area (Å²) >= 11 is 6.17. The van der Waals surface area contributed by atoms with Crippen molar-refractivity contribution < 1.29 is 5.11 Å². The predicted octanol–water partition coefficient (Wildman–Crippen LogP) is 6.84. The zero-order valence-corrected chi connectivity index (χ0v) is 16.6. The largest absolute Gasteiger partial charge is 0.508 e. The first-order chi connectivity index (χ1) is 13.6. The van der Waals surface area contributed by atoms with E-state index in [0.29, 0.717) is 5.75 Å². The van der Waals surface area contributed by atoms with Crippen LogP contribution in [0.2, 0.25) is 5.02 Å². The van der Waals surface area contributed by atoms with Crippen LogP contribution in [0.25, 0.3) is 27.7 Å². The van der Waals surface area contributed by atoms with E-state index in [1.807, 2.05) is 24.3 Å². The molecule has 5 rings (SSSR count). The molecule has 1 aromatic heterocycles. The highest BCUT2D eigenvalue weighted by atomic mass is 35.5. The van der Waals surface area contributed by atoms with Crippen LogP contribution in [-0.4, -0.2) is 9.67 Å². The van der Waals surface area contributed by atoms with Gasteiger partial charge in [-0.05, 0) is 85.0 Å². The molecule has 0 spiro atoms. The second-order valence-corrected chi connectivity index (χ2v) is 8.06. The van der Waals surface area contributed by atoms with Gasteiger partial charge in [-0.2, -0.15) is 0 Å². The first kappa shape index (κ1) is 17.4. The van der Waals surface area contributed by atoms with Crippen LogP contribution in [0.5, 0.6) is 5.75 Å². The molecular weight excluding hydrogens is 366 g/mol. The Morgan fingerprint density at radius 2 is 1.64 bits per heavy atom. The highest BCUT2D eigenvalue weighted by molar-refractivity contribution is 6.30. The third kappa shape index (κ3) is 2.71. The molecule has 0 bridgehead atoms. The van der Waals surface area contributed by atoms with Gasteiger partial charge in [0.15, 0.2) is 0 Å². The van der Waals surface area contributed by atoms with E-state index in [1.165, 1.54) is 40.9 Å². The van der Waals surface area contributed by atoms with Crippen molar-refractivity contribution >= 4 is 22.4 Å². The van der Waals surface area contributed by atoms with E-state index in [9.17, 15) is 5.11 Å². The summed E-state index contributed by atoms with van der Waals surface area (Å²) in [7, 11) is 0. The number of halogens is 1. The Bertz CT molecular complexity index is 1190. The molecule has 1 N–H and O–H groups in total. The number of fused-ring (bicyclic) bond motifs is 2. The van der Waals surface area contributed by atoms with Crippen LogP contribution in [0.4, 0.5) is 0 Å². The van der Waals surface area contributed by atoms with Crippen molar-refractivity contribution in [1.29, 1.82) is 0 Å². The van der Waals surface area contributed by atoms with Crippen molar-refractivity contribution in [3.05, 3.63) is 82.5 Å². The Morgan fingerprint density at radius 3 is 2.43 bits per heavy atom. The average Bonchev–Trinajstić information content (AvgIpc) is 3.01. The predicted molar refractivity (Wildman–Crippen MR) is 117 cm³/mol. The average molecular weight is 388 g/mol. The molecule has 3 aromatic carbocycles. The van der Waals surface area contributed by atoms with E-state index >= 15 is 0 Å². The van der Waals surface area contributed by atoms with Gasteiger partial charge in [-0.15, -0.1) is 0 Å². The molecule has 0 unspecified atom stereocenters. The molecule has 0 radical (unpaired) electrons. The summed E-state index contributed by atoms with van der Waals surface area (Å²) in [6.45, 7) is 2.23. The third-order valence-corrected chi connectivity index (χ3v) is 6.20. The van der Waals surface area contributed by atoms with Crippen LogP contribution >= 0.6 is 11.6 Å². The Balaban J connectivity index is 1.87. The topological polar surface area (TPSA) is 25.2 Å². The second kappa shape index (κ2) is 6.72. The molecule has 4 aromatic rings. The summed E-state index contributed by atoms with van der Waals surface area (Å²) in [6.07, 6.45) is 4.71. The highest BCUT2D eigenvalue weighted by Crippen LogP contribution is 2.40. The fourth-order valence-electron chi connectivity index (χ4n) is 4.65. The Kier molecular flexibility index (Phi) is 4.17. The zero-order valence-electron chi connectivity index (χ0n) is 15.9. The molecule has 0 amide bonds. The third-order valence-electron chi connectivity index (χ3n) is 5.95. The summed E-state index contributed by atoms with van der Waals surface area (Å²) in [5.74, 6) is 0.294. The maximum atomic E-state index is 10.1. The SMILES string of the molecule is Cc1c2c(c(-c3ccc(Cl)cc3)n1-c1cccc3ccc(O)cc13)CCCC2. The molecule has 0 atom stereocenters. The van der Waals surface area contributed by atoms with E-state index in [-0.39, 0.29) is 0 Å². The highest BCUT2D eigenvalue weighted by Gasteiger charge is 2.25. The van der Waals surface area contributed by atoms with Crippen LogP contribution in [0, 0.1) is 6.92 Å². The van der Waals surface area contributed by atoms with Gasteiger partial charge in [0.05, 0.1) is 11.4 Å². The molecule has 0 fully saturated rings. The maximum absolute atomic E-state index is 10.1. The lowest BCUT2D eigenvalue weighted by Gasteiger charge is -2.16. The lowest BCUT2D eigenvalue weighted by Crippen LogP contribution is -2.01. The fourth-order valence-corrected chi connectivity index (χ4v) is 4.78. The Morgan fingerprint density at radius 1 is 0.893 bits per heavy atom. The quantitative estimate of drug-likeness (QED) is 0.400. The minimum Gasteiger partial charge on any atom is -0.508 e. The second-order valence-electron chi connectivity index (χ2n) is 7.62. The number of nitrogens with zero attached hydrogens (tertiary/aromatic N) is 1. The molecule has 1 aliphatic carbocycles. The first-order valence-electron chi connectivity index (χ1n) is 9.84. The number of phenolic OH excluding ortho intramolecular Hbond substituents is 1. The normalized spacial score (nSPS) is 13.6. The number of aromatic nitrogens is 1. The van der Waals surface area contributed by atoms with Gasteiger partial charge in [0.2, 0.25) is 0 Å². The van der Waals surface area contributed by atoms with Crippen molar-refractivity contribution in [2.75, 3.05) is 0 Å². The number of benzene rings is 3. The summed E-state index contributed by atoms with van der Waals surface area (Å²) in [6, 6.07) is 20.1. The number of rotatable bonds is 2. The molecular formula is C25H22ClNO. The van der Waals surface area contributed by atoms with Crippen LogP contribution in [0.1, 0.15) is 29.7 Å². The fraction of sp³-hybridized carbons (Fsp3) is 0.200. The van der Waals surface area contributed by atoms with Crippen LogP contribution in [0.15, 0.2) is 60.7 Å². The van der Waals surface area contributed by atoms with E-state index in [4.69, 9.17) is 11.6 Å². The number of hydrogen-bond acceptors (Lipinski definition) is 1. The number of aromatic hydroxyl groups is 1. The molecule has 0 saturated heterocycles. The van der Waals surface area contributed by atoms with Crippen molar-refractivity contribution in [1.82, 2.24) is 4.57 Å². The number of hydrogen-bond donors (Lipinski definition) is 1. The Labute approximate surface area is 170 Å². The van der Waals surface area contributed by atoms with E-state index in [2.05, 4.69) is 41.8 Å². The van der Waals surface area contributed by atoms with Crippen LogP contribution in [-0.2, 0) is 12.8 Å². The molecule has 0 aliphatic heterocycles. The minimum absolute atomic E-state index is 0.294. The molecule has 1 heterocycles. The molecule has 0 saturated carbocycles. The molecule has 140 valence electrons. The first-order valence-corrected chi connectivity index (χ1v) is 10.2. The zero-order chi connectivity index (χ0) is 19.3. The summed E-state index contributed by atoms with van der Waals surface area (Å²) in [4.78, 5) is 0. The lowest BCUT2D eigenvalue weighted by atomic mass is 9.91. The van der Waals surface area contributed by atoms with Crippen LogP contribution < -0.4 is 0 Å². The van der Waals surface area contributed by atoms with Gasteiger partial charge < -0.3 is 9.67 Å². The van der Waals surface area contributed by atoms with Crippen molar-refractivity contribution in [2.24, 2.45) is 0 Å². The van der Waals surface area contributed by atoms with Crippen molar-refractivity contribution in [2.45, 2.75) is 32.6 Å². The lowest BCUT2D eigenvalue weighted by molar-refractivity contribution is 0.476. The van der Waals surface area contributed by atoms with Gasteiger partial charge in [-0.25, -0.2) is 0 Å². The van der Waals surface area contributed by atoms with E-state index in [0.717, 1.165) is 34.3 Å². The monoisotopic (exact) mass is 387 g/mol. The summed E-state index contributed by atoms with van der Waals surface area (Å²) < 4.78 is 2.39. The van der Waals surface area contributed by atoms with Gasteiger partial charge in [0.1, 0.15) is 5.75 Å². The summed E-state index contributed by atoms with van der Waals surface area (Å²) in [5, 5.41) is 13.1. The van der Waals surface area contributed by atoms with Gasteiger partial charge in [-0.1, -0.05) is 41.9 Å². The number of phenols is 1. The minimum atomic E-state index is 0.294. The van der Waals surface area contributed by atoms with E-state index < -0.39 is 0 Å². The van der Waals surface area contributed by atoms with Crippen LogP contribution in [0.3, 0.4) is 0 Å². The van der Waals surface area contributed by atoms with Crippen molar-refractivity contribution in [3.63, 3.8) is 0 Å². The van der Waals surface area contributed by atoms with Gasteiger partial charge in [0, 0.05) is 16.1 Å². The molecule has 1 aliphatic rings. The van der Waals surface area contributed by atoms with Gasteiger partial charge in [0.25, 0.3) is 0 Å². The molecule has 28 heavy (non-hydrogen) atoms. The molecule has 3 heteroatoms.